The lowest BCUT2D eigenvalue weighted by Crippen LogP contribution is -2.17. The summed E-state index contributed by atoms with van der Waals surface area (Å²) >= 11 is 3.29. The third kappa shape index (κ3) is 3.00. The molecule has 0 spiro atoms. The van der Waals surface area contributed by atoms with Crippen molar-refractivity contribution < 1.29 is 4.79 Å². The number of hydrogen-bond acceptors (Lipinski definition) is 4. The highest BCUT2D eigenvalue weighted by molar-refractivity contribution is 9.10. The van der Waals surface area contributed by atoms with Gasteiger partial charge in [-0.3, -0.25) is 9.59 Å². The molecule has 0 atom stereocenters. The van der Waals surface area contributed by atoms with E-state index in [-0.39, 0.29) is 17.3 Å². The minimum absolute atomic E-state index is 0.266. The van der Waals surface area contributed by atoms with Gasteiger partial charge in [-0.15, -0.1) is 0 Å². The molecule has 0 radical (unpaired) electrons. The van der Waals surface area contributed by atoms with Gasteiger partial charge in [0.1, 0.15) is 0 Å². The summed E-state index contributed by atoms with van der Waals surface area (Å²) in [7, 11) is 0. The number of nitrogen functional groups attached to an aromatic ring is 1. The molecule has 0 aliphatic carbocycles. The molecule has 7 heteroatoms. The normalized spacial score (nSPS) is 10.2. The summed E-state index contributed by atoms with van der Waals surface area (Å²) in [5.74, 6) is -0.0763. The Bertz CT molecular complexity index is 676. The minimum Gasteiger partial charge on any atom is -0.398 e. The van der Waals surface area contributed by atoms with Crippen LogP contribution in [0.1, 0.15) is 15.9 Å². The summed E-state index contributed by atoms with van der Waals surface area (Å²) in [6, 6.07) is 6.11. The van der Waals surface area contributed by atoms with E-state index in [0.717, 1.165) is 4.47 Å². The first-order chi connectivity index (χ1) is 8.97. The van der Waals surface area contributed by atoms with Gasteiger partial charge in [-0.1, -0.05) is 15.9 Å². The average molecular weight is 323 g/mol. The van der Waals surface area contributed by atoms with Crippen LogP contribution >= 0.6 is 15.9 Å². The molecule has 0 aliphatic rings. The van der Waals surface area contributed by atoms with Crippen LogP contribution in [0.4, 0.5) is 11.5 Å². The SMILES string of the molecule is Cc1c(N)cc(Br)cc1C(=O)Nc1ccc(=O)[nH]n1. The van der Waals surface area contributed by atoms with Crippen LogP contribution in [0.15, 0.2) is 33.5 Å². The summed E-state index contributed by atoms with van der Waals surface area (Å²) in [6.07, 6.45) is 0. The molecular weight excluding hydrogens is 312 g/mol. The van der Waals surface area contributed by atoms with Crippen LogP contribution < -0.4 is 16.6 Å². The Hall–Kier alpha value is -2.15. The van der Waals surface area contributed by atoms with Gasteiger partial charge in [0, 0.05) is 21.8 Å². The minimum atomic E-state index is -0.343. The van der Waals surface area contributed by atoms with Crippen LogP contribution in [-0.2, 0) is 0 Å². The van der Waals surface area contributed by atoms with E-state index < -0.39 is 0 Å². The topological polar surface area (TPSA) is 101 Å². The average Bonchev–Trinajstić information content (AvgIpc) is 2.36. The number of benzene rings is 1. The zero-order chi connectivity index (χ0) is 14.0. The van der Waals surface area contributed by atoms with Gasteiger partial charge in [0.05, 0.1) is 0 Å². The van der Waals surface area contributed by atoms with E-state index in [1.807, 2.05) is 0 Å². The van der Waals surface area contributed by atoms with Gasteiger partial charge >= 0.3 is 0 Å². The van der Waals surface area contributed by atoms with E-state index in [1.54, 1.807) is 19.1 Å². The molecule has 1 aromatic heterocycles. The molecule has 1 amide bonds. The summed E-state index contributed by atoms with van der Waals surface area (Å²) in [6.45, 7) is 1.76. The Morgan fingerprint density at radius 3 is 2.79 bits per heavy atom. The summed E-state index contributed by atoms with van der Waals surface area (Å²) in [5, 5.41) is 8.53. The fraction of sp³-hybridized carbons (Fsp3) is 0.0833. The van der Waals surface area contributed by atoms with Gasteiger partial charge in [-0.2, -0.15) is 5.10 Å². The number of nitrogens with zero attached hydrogens (tertiary/aromatic N) is 1. The van der Waals surface area contributed by atoms with E-state index in [4.69, 9.17) is 5.73 Å². The van der Waals surface area contributed by atoms with Crippen molar-refractivity contribution in [3.05, 3.63) is 50.2 Å². The quantitative estimate of drug-likeness (QED) is 0.732. The van der Waals surface area contributed by atoms with Gasteiger partial charge in [0.25, 0.3) is 11.5 Å². The van der Waals surface area contributed by atoms with E-state index in [2.05, 4.69) is 31.4 Å². The summed E-state index contributed by atoms with van der Waals surface area (Å²) in [4.78, 5) is 23.0. The smallest absolute Gasteiger partial charge is 0.264 e. The van der Waals surface area contributed by atoms with Gasteiger partial charge < -0.3 is 11.1 Å². The van der Waals surface area contributed by atoms with Gasteiger partial charge in [0.2, 0.25) is 0 Å². The molecule has 0 unspecified atom stereocenters. The number of nitrogens with one attached hydrogen (secondary N) is 2. The molecule has 0 aliphatic heterocycles. The largest absolute Gasteiger partial charge is 0.398 e. The van der Waals surface area contributed by atoms with Gasteiger partial charge in [0.15, 0.2) is 5.82 Å². The van der Waals surface area contributed by atoms with Crippen LogP contribution in [-0.4, -0.2) is 16.1 Å². The number of carbonyl (C=O) groups excluding carboxylic acids is 1. The number of aromatic nitrogens is 2. The van der Waals surface area contributed by atoms with Crippen LogP contribution in [0, 0.1) is 6.92 Å². The highest BCUT2D eigenvalue weighted by Crippen LogP contribution is 2.23. The maximum Gasteiger partial charge on any atom is 0.264 e. The van der Waals surface area contributed by atoms with E-state index in [0.29, 0.717) is 16.8 Å². The van der Waals surface area contributed by atoms with Crippen molar-refractivity contribution in [3.63, 3.8) is 0 Å². The maximum absolute atomic E-state index is 12.1. The van der Waals surface area contributed by atoms with Crippen molar-refractivity contribution in [2.45, 2.75) is 6.92 Å². The zero-order valence-electron chi connectivity index (χ0n) is 10.0. The third-order valence-corrected chi connectivity index (χ3v) is 3.04. The fourth-order valence-corrected chi connectivity index (χ4v) is 2.01. The molecule has 4 N–H and O–H groups in total. The molecule has 1 heterocycles. The summed E-state index contributed by atoms with van der Waals surface area (Å²) < 4.78 is 0.718. The van der Waals surface area contributed by atoms with E-state index >= 15 is 0 Å². The second-order valence-electron chi connectivity index (χ2n) is 3.93. The van der Waals surface area contributed by atoms with Gasteiger partial charge in [-0.25, -0.2) is 5.10 Å². The molecule has 1 aromatic carbocycles. The Balaban J connectivity index is 2.30. The molecular formula is C12H11BrN4O2. The molecule has 0 bridgehead atoms. The van der Waals surface area contributed by atoms with E-state index in [9.17, 15) is 9.59 Å². The number of hydrogen-bond donors (Lipinski definition) is 3. The molecule has 2 rings (SSSR count). The highest BCUT2D eigenvalue weighted by atomic mass is 79.9. The molecule has 2 aromatic rings. The first kappa shape index (κ1) is 13.3. The lowest BCUT2D eigenvalue weighted by atomic mass is 10.1. The number of carbonyl (C=O) groups is 1. The molecule has 6 nitrogen and oxygen atoms in total. The molecule has 0 saturated heterocycles. The predicted molar refractivity (Wildman–Crippen MR) is 76.1 cm³/mol. The second-order valence-corrected chi connectivity index (χ2v) is 4.84. The van der Waals surface area contributed by atoms with Crippen LogP contribution in [0.5, 0.6) is 0 Å². The van der Waals surface area contributed by atoms with Crippen LogP contribution in [0.25, 0.3) is 0 Å². The third-order valence-electron chi connectivity index (χ3n) is 2.58. The number of nitrogens with two attached hydrogens (primary N) is 1. The lowest BCUT2D eigenvalue weighted by molar-refractivity contribution is 0.102. The fourth-order valence-electron chi connectivity index (χ4n) is 1.53. The number of amides is 1. The van der Waals surface area contributed by atoms with Crippen molar-refractivity contribution >= 4 is 33.3 Å². The molecule has 19 heavy (non-hydrogen) atoms. The number of rotatable bonds is 2. The monoisotopic (exact) mass is 322 g/mol. The standard InChI is InChI=1S/C12H11BrN4O2/c1-6-8(4-7(13)5-9(6)14)12(19)15-10-2-3-11(18)17-16-10/h2-5H,14H2,1H3,(H,17,18)(H,15,16,19). The maximum atomic E-state index is 12.1. The van der Waals surface area contributed by atoms with Crippen molar-refractivity contribution in [2.24, 2.45) is 0 Å². The highest BCUT2D eigenvalue weighted by Gasteiger charge is 2.13. The lowest BCUT2D eigenvalue weighted by Gasteiger charge is -2.09. The second kappa shape index (κ2) is 5.23. The zero-order valence-corrected chi connectivity index (χ0v) is 11.6. The van der Waals surface area contributed by atoms with Crippen LogP contribution in [0.2, 0.25) is 0 Å². The number of anilines is 2. The Labute approximate surface area is 117 Å². The first-order valence-corrected chi connectivity index (χ1v) is 6.19. The van der Waals surface area contributed by atoms with Crippen molar-refractivity contribution in [1.82, 2.24) is 10.2 Å². The Morgan fingerprint density at radius 1 is 1.42 bits per heavy atom. The number of halogens is 1. The van der Waals surface area contributed by atoms with Crippen molar-refractivity contribution in [1.29, 1.82) is 0 Å². The van der Waals surface area contributed by atoms with Gasteiger partial charge in [-0.05, 0) is 30.7 Å². The Kier molecular flexibility index (Phi) is 3.66. The predicted octanol–water partition coefficient (Wildman–Crippen LogP) is 1.68. The number of H-pyrrole nitrogens is 1. The van der Waals surface area contributed by atoms with Crippen molar-refractivity contribution in [2.75, 3.05) is 11.1 Å². The first-order valence-electron chi connectivity index (χ1n) is 5.40. The molecule has 98 valence electrons. The Morgan fingerprint density at radius 2 is 2.16 bits per heavy atom. The summed E-state index contributed by atoms with van der Waals surface area (Å²) in [5.41, 5.74) is 7.12. The molecule has 0 fully saturated rings. The van der Waals surface area contributed by atoms with Crippen LogP contribution in [0.3, 0.4) is 0 Å². The number of aromatic amines is 1. The van der Waals surface area contributed by atoms with E-state index in [1.165, 1.54) is 12.1 Å². The van der Waals surface area contributed by atoms with Crippen molar-refractivity contribution in [3.8, 4) is 0 Å². The molecule has 0 saturated carbocycles.